The van der Waals surface area contributed by atoms with Crippen molar-refractivity contribution in [3.63, 3.8) is 0 Å². The standard InChI is InChI=1S/C11H22N2O2/c1-3-15-10-4-9(5-10)6-11(14)13-8(2)7-12/h8-10H,3-7,12H2,1-2H3,(H,13,14)/t8-,9?,10?/m1/s1. The van der Waals surface area contributed by atoms with Crippen LogP contribution in [0.2, 0.25) is 0 Å². The number of rotatable bonds is 6. The van der Waals surface area contributed by atoms with Crippen molar-refractivity contribution in [2.75, 3.05) is 13.2 Å². The lowest BCUT2D eigenvalue weighted by molar-refractivity contribution is -0.124. The van der Waals surface area contributed by atoms with E-state index in [2.05, 4.69) is 5.32 Å². The minimum Gasteiger partial charge on any atom is -0.378 e. The van der Waals surface area contributed by atoms with Gasteiger partial charge in [-0.1, -0.05) is 0 Å². The van der Waals surface area contributed by atoms with E-state index >= 15 is 0 Å². The van der Waals surface area contributed by atoms with E-state index in [0.717, 1.165) is 19.4 Å². The van der Waals surface area contributed by atoms with Gasteiger partial charge in [-0.3, -0.25) is 4.79 Å². The average molecular weight is 214 g/mol. The number of hydrogen-bond acceptors (Lipinski definition) is 3. The van der Waals surface area contributed by atoms with E-state index in [1.165, 1.54) is 0 Å². The van der Waals surface area contributed by atoms with Crippen LogP contribution in [-0.2, 0) is 9.53 Å². The molecule has 0 aromatic heterocycles. The predicted octanol–water partition coefficient (Wildman–Crippen LogP) is 0.655. The van der Waals surface area contributed by atoms with Gasteiger partial charge in [0.15, 0.2) is 0 Å². The minimum absolute atomic E-state index is 0.0836. The summed E-state index contributed by atoms with van der Waals surface area (Å²) in [7, 11) is 0. The molecule has 0 aliphatic heterocycles. The van der Waals surface area contributed by atoms with E-state index in [-0.39, 0.29) is 11.9 Å². The second-order valence-electron chi connectivity index (χ2n) is 4.32. The maximum Gasteiger partial charge on any atom is 0.220 e. The molecule has 4 heteroatoms. The summed E-state index contributed by atoms with van der Waals surface area (Å²) in [6, 6.07) is 0.0836. The lowest BCUT2D eigenvalue weighted by Crippen LogP contribution is -2.41. The topological polar surface area (TPSA) is 64.3 Å². The van der Waals surface area contributed by atoms with Crippen molar-refractivity contribution in [2.24, 2.45) is 11.7 Å². The second-order valence-corrected chi connectivity index (χ2v) is 4.32. The molecule has 1 fully saturated rings. The van der Waals surface area contributed by atoms with Crippen LogP contribution in [0.1, 0.15) is 33.1 Å². The molecule has 1 saturated carbocycles. The van der Waals surface area contributed by atoms with E-state index in [0.29, 0.717) is 25.0 Å². The third kappa shape index (κ3) is 4.18. The first-order valence-corrected chi connectivity index (χ1v) is 5.76. The number of nitrogens with two attached hydrogens (primary N) is 1. The fourth-order valence-corrected chi connectivity index (χ4v) is 1.87. The lowest BCUT2D eigenvalue weighted by Gasteiger charge is -2.34. The van der Waals surface area contributed by atoms with Crippen molar-refractivity contribution in [3.05, 3.63) is 0 Å². The predicted molar refractivity (Wildman–Crippen MR) is 59.4 cm³/mol. The van der Waals surface area contributed by atoms with Crippen LogP contribution in [0.15, 0.2) is 0 Å². The molecule has 1 aliphatic carbocycles. The van der Waals surface area contributed by atoms with Gasteiger partial charge in [-0.25, -0.2) is 0 Å². The van der Waals surface area contributed by atoms with Crippen molar-refractivity contribution < 1.29 is 9.53 Å². The quantitative estimate of drug-likeness (QED) is 0.682. The number of carbonyl (C=O) groups excluding carboxylic acids is 1. The summed E-state index contributed by atoms with van der Waals surface area (Å²) < 4.78 is 5.44. The molecule has 0 unspecified atom stereocenters. The fourth-order valence-electron chi connectivity index (χ4n) is 1.87. The molecule has 0 heterocycles. The molecule has 3 N–H and O–H groups in total. The van der Waals surface area contributed by atoms with Crippen LogP contribution in [-0.4, -0.2) is 31.2 Å². The molecule has 0 aromatic rings. The number of amides is 1. The summed E-state index contributed by atoms with van der Waals surface area (Å²) in [5, 5.41) is 2.87. The van der Waals surface area contributed by atoms with Gasteiger partial charge < -0.3 is 15.8 Å². The zero-order valence-electron chi connectivity index (χ0n) is 9.66. The molecule has 4 nitrogen and oxygen atoms in total. The molecule has 0 bridgehead atoms. The van der Waals surface area contributed by atoms with Crippen LogP contribution in [0, 0.1) is 5.92 Å². The van der Waals surface area contributed by atoms with E-state index in [1.807, 2.05) is 13.8 Å². The molecule has 88 valence electrons. The Morgan fingerprint density at radius 1 is 1.60 bits per heavy atom. The van der Waals surface area contributed by atoms with Gasteiger partial charge in [0.2, 0.25) is 5.91 Å². The molecule has 1 aliphatic rings. The number of ether oxygens (including phenoxy) is 1. The van der Waals surface area contributed by atoms with Crippen molar-refractivity contribution in [2.45, 2.75) is 45.3 Å². The molecule has 1 amide bonds. The van der Waals surface area contributed by atoms with Crippen molar-refractivity contribution >= 4 is 5.91 Å². The molecule has 15 heavy (non-hydrogen) atoms. The summed E-state index contributed by atoms with van der Waals surface area (Å²) in [4.78, 5) is 11.5. The van der Waals surface area contributed by atoms with E-state index in [1.54, 1.807) is 0 Å². The van der Waals surface area contributed by atoms with Gasteiger partial charge in [0.25, 0.3) is 0 Å². The highest BCUT2D eigenvalue weighted by Crippen LogP contribution is 2.32. The number of carbonyl (C=O) groups is 1. The normalized spacial score (nSPS) is 26.9. The summed E-state index contributed by atoms with van der Waals surface area (Å²) >= 11 is 0. The Morgan fingerprint density at radius 3 is 2.80 bits per heavy atom. The first kappa shape index (κ1) is 12.5. The number of hydrogen-bond donors (Lipinski definition) is 2. The zero-order valence-corrected chi connectivity index (χ0v) is 9.66. The van der Waals surface area contributed by atoms with Crippen LogP contribution in [0.4, 0.5) is 0 Å². The van der Waals surface area contributed by atoms with Gasteiger partial charge in [0.1, 0.15) is 0 Å². The maximum absolute atomic E-state index is 11.5. The SMILES string of the molecule is CCOC1CC(CC(=O)N[C@H](C)CN)C1. The summed E-state index contributed by atoms with van der Waals surface area (Å²) in [5.74, 6) is 0.624. The van der Waals surface area contributed by atoms with E-state index in [9.17, 15) is 4.79 Å². The molecular formula is C11H22N2O2. The van der Waals surface area contributed by atoms with Crippen molar-refractivity contribution in [3.8, 4) is 0 Å². The van der Waals surface area contributed by atoms with Crippen molar-refractivity contribution in [1.29, 1.82) is 0 Å². The Morgan fingerprint density at radius 2 is 2.27 bits per heavy atom. The molecule has 1 atom stereocenters. The monoisotopic (exact) mass is 214 g/mol. The highest BCUT2D eigenvalue weighted by molar-refractivity contribution is 5.76. The second kappa shape index (κ2) is 6.08. The van der Waals surface area contributed by atoms with Gasteiger partial charge >= 0.3 is 0 Å². The Balaban J connectivity index is 2.08. The van der Waals surface area contributed by atoms with Gasteiger partial charge in [-0.2, -0.15) is 0 Å². The largest absolute Gasteiger partial charge is 0.378 e. The van der Waals surface area contributed by atoms with Crippen LogP contribution >= 0.6 is 0 Å². The zero-order chi connectivity index (χ0) is 11.3. The smallest absolute Gasteiger partial charge is 0.220 e. The molecule has 0 saturated heterocycles. The highest BCUT2D eigenvalue weighted by atomic mass is 16.5. The minimum atomic E-state index is 0.0836. The average Bonchev–Trinajstić information content (AvgIpc) is 2.14. The third-order valence-electron chi connectivity index (χ3n) is 2.83. The number of nitrogens with one attached hydrogen (secondary N) is 1. The first-order valence-electron chi connectivity index (χ1n) is 5.76. The summed E-state index contributed by atoms with van der Waals surface area (Å²) in [5.41, 5.74) is 5.42. The lowest BCUT2D eigenvalue weighted by atomic mass is 9.80. The molecule has 0 aromatic carbocycles. The van der Waals surface area contributed by atoms with Gasteiger partial charge in [0, 0.05) is 25.6 Å². The fraction of sp³-hybridized carbons (Fsp3) is 0.909. The Bertz CT molecular complexity index is 203. The van der Waals surface area contributed by atoms with Gasteiger partial charge in [-0.15, -0.1) is 0 Å². The molecule has 0 radical (unpaired) electrons. The Labute approximate surface area is 91.5 Å². The van der Waals surface area contributed by atoms with Crippen LogP contribution in [0.25, 0.3) is 0 Å². The first-order chi connectivity index (χ1) is 7.15. The van der Waals surface area contributed by atoms with Crippen LogP contribution in [0.3, 0.4) is 0 Å². The molecular weight excluding hydrogens is 192 g/mol. The maximum atomic E-state index is 11.5. The third-order valence-corrected chi connectivity index (χ3v) is 2.83. The molecule has 1 rings (SSSR count). The van der Waals surface area contributed by atoms with Gasteiger partial charge in [-0.05, 0) is 32.6 Å². The Hall–Kier alpha value is -0.610. The van der Waals surface area contributed by atoms with Crippen molar-refractivity contribution in [1.82, 2.24) is 5.32 Å². The Kier molecular flexibility index (Phi) is 5.05. The van der Waals surface area contributed by atoms with E-state index in [4.69, 9.17) is 10.5 Å². The van der Waals surface area contributed by atoms with Gasteiger partial charge in [0.05, 0.1) is 6.10 Å². The summed E-state index contributed by atoms with van der Waals surface area (Å²) in [6.45, 7) is 5.19. The highest BCUT2D eigenvalue weighted by Gasteiger charge is 2.31. The van der Waals surface area contributed by atoms with Crippen LogP contribution in [0.5, 0.6) is 0 Å². The molecule has 0 spiro atoms. The van der Waals surface area contributed by atoms with Crippen LogP contribution < -0.4 is 11.1 Å². The summed E-state index contributed by atoms with van der Waals surface area (Å²) in [6.07, 6.45) is 3.06. The van der Waals surface area contributed by atoms with E-state index < -0.39 is 0 Å².